The van der Waals surface area contributed by atoms with E-state index < -0.39 is 4.92 Å². The summed E-state index contributed by atoms with van der Waals surface area (Å²) in [5.41, 5.74) is 2.39. The van der Waals surface area contributed by atoms with Gasteiger partial charge in [0.25, 0.3) is 5.69 Å². The van der Waals surface area contributed by atoms with Gasteiger partial charge < -0.3 is 14.8 Å². The van der Waals surface area contributed by atoms with E-state index in [0.717, 1.165) is 12.0 Å². The highest BCUT2D eigenvalue weighted by molar-refractivity contribution is 5.63. The number of aromatic nitrogens is 2. The van der Waals surface area contributed by atoms with E-state index >= 15 is 0 Å². The fraction of sp³-hybridized carbons (Fsp3) is 0.200. The lowest BCUT2D eigenvalue weighted by molar-refractivity contribution is -0.384. The van der Waals surface area contributed by atoms with Gasteiger partial charge in [-0.25, -0.2) is 9.97 Å². The summed E-state index contributed by atoms with van der Waals surface area (Å²) in [4.78, 5) is 19.2. The van der Waals surface area contributed by atoms with Gasteiger partial charge in [-0.2, -0.15) is 0 Å². The zero-order chi connectivity index (χ0) is 19.9. The average Bonchev–Trinajstić information content (AvgIpc) is 2.74. The number of nitro groups is 1. The second-order valence-electron chi connectivity index (χ2n) is 5.94. The van der Waals surface area contributed by atoms with E-state index in [4.69, 9.17) is 9.47 Å². The molecule has 0 aliphatic carbocycles. The first-order valence-corrected chi connectivity index (χ1v) is 8.63. The second-order valence-corrected chi connectivity index (χ2v) is 5.94. The fourth-order valence-corrected chi connectivity index (χ4v) is 2.74. The molecule has 0 aliphatic rings. The van der Waals surface area contributed by atoms with Crippen molar-refractivity contribution in [3.63, 3.8) is 0 Å². The molecule has 1 heterocycles. The summed E-state index contributed by atoms with van der Waals surface area (Å²) in [5, 5.41) is 14.1. The van der Waals surface area contributed by atoms with Crippen molar-refractivity contribution in [3.05, 3.63) is 70.4 Å². The smallest absolute Gasteiger partial charge is 0.270 e. The molecule has 8 heteroatoms. The first-order valence-electron chi connectivity index (χ1n) is 8.63. The van der Waals surface area contributed by atoms with Crippen LogP contribution >= 0.6 is 0 Å². The van der Waals surface area contributed by atoms with Gasteiger partial charge in [0.1, 0.15) is 0 Å². The highest BCUT2D eigenvalue weighted by Crippen LogP contribution is 2.27. The van der Waals surface area contributed by atoms with Crippen molar-refractivity contribution in [3.8, 4) is 22.8 Å². The molecule has 0 saturated heterocycles. The molecule has 0 bridgehead atoms. The number of rotatable bonds is 8. The fourth-order valence-electron chi connectivity index (χ4n) is 2.74. The van der Waals surface area contributed by atoms with E-state index in [9.17, 15) is 10.1 Å². The van der Waals surface area contributed by atoms with E-state index in [-0.39, 0.29) is 5.69 Å². The van der Waals surface area contributed by atoms with E-state index in [1.165, 1.54) is 12.1 Å². The summed E-state index contributed by atoms with van der Waals surface area (Å²) in [7, 11) is 3.21. The maximum absolute atomic E-state index is 11.0. The molecule has 1 aromatic heterocycles. The number of hydrogen-bond donors (Lipinski definition) is 1. The van der Waals surface area contributed by atoms with Gasteiger partial charge >= 0.3 is 0 Å². The molecule has 144 valence electrons. The van der Waals surface area contributed by atoms with Gasteiger partial charge in [0.2, 0.25) is 5.95 Å². The molecule has 2 aromatic carbocycles. The van der Waals surface area contributed by atoms with Gasteiger partial charge in [-0.3, -0.25) is 10.1 Å². The van der Waals surface area contributed by atoms with Gasteiger partial charge in [-0.1, -0.05) is 18.2 Å². The lowest BCUT2D eigenvalue weighted by Gasteiger charge is -2.10. The molecule has 0 spiro atoms. The minimum Gasteiger partial charge on any atom is -0.493 e. The van der Waals surface area contributed by atoms with Crippen LogP contribution in [0.2, 0.25) is 0 Å². The topological polar surface area (TPSA) is 99.4 Å². The van der Waals surface area contributed by atoms with Crippen molar-refractivity contribution in [2.45, 2.75) is 6.42 Å². The molecular weight excluding hydrogens is 360 g/mol. The van der Waals surface area contributed by atoms with Crippen LogP contribution in [-0.4, -0.2) is 35.7 Å². The Balaban J connectivity index is 1.67. The highest BCUT2D eigenvalue weighted by atomic mass is 16.6. The molecule has 1 N–H and O–H groups in total. The number of hydrogen-bond acceptors (Lipinski definition) is 7. The normalized spacial score (nSPS) is 10.4. The number of ether oxygens (including phenoxy) is 2. The van der Waals surface area contributed by atoms with Crippen LogP contribution < -0.4 is 14.8 Å². The summed E-state index contributed by atoms with van der Waals surface area (Å²) >= 11 is 0. The third kappa shape index (κ3) is 4.53. The Hall–Kier alpha value is -3.68. The quantitative estimate of drug-likeness (QED) is 0.469. The third-order valence-corrected chi connectivity index (χ3v) is 4.15. The molecular formula is C20H20N4O4. The molecule has 8 nitrogen and oxygen atoms in total. The van der Waals surface area contributed by atoms with Gasteiger partial charge in [0.15, 0.2) is 11.5 Å². The van der Waals surface area contributed by atoms with Crippen molar-refractivity contribution in [2.24, 2.45) is 0 Å². The van der Waals surface area contributed by atoms with Crippen LogP contribution in [0.3, 0.4) is 0 Å². The van der Waals surface area contributed by atoms with Crippen LogP contribution in [0.1, 0.15) is 5.56 Å². The van der Waals surface area contributed by atoms with Gasteiger partial charge in [-0.15, -0.1) is 0 Å². The largest absolute Gasteiger partial charge is 0.493 e. The SMILES string of the molecule is COc1ccc(CCNc2nccc(-c3cccc([N+](=O)[O-])c3)n2)cc1OC. The lowest BCUT2D eigenvalue weighted by Crippen LogP contribution is -2.08. The molecule has 28 heavy (non-hydrogen) atoms. The Morgan fingerprint density at radius 2 is 1.89 bits per heavy atom. The minimum absolute atomic E-state index is 0.0269. The van der Waals surface area contributed by atoms with Gasteiger partial charge in [0, 0.05) is 30.4 Å². The molecule has 3 aromatic rings. The van der Waals surface area contributed by atoms with Crippen molar-refractivity contribution < 1.29 is 14.4 Å². The molecule has 3 rings (SSSR count). The van der Waals surface area contributed by atoms with Crippen LogP contribution in [0.25, 0.3) is 11.3 Å². The Kier molecular flexibility index (Phi) is 6.01. The lowest BCUT2D eigenvalue weighted by atomic mass is 10.1. The number of nitrogens with zero attached hydrogens (tertiary/aromatic N) is 3. The molecule has 0 amide bonds. The molecule has 0 saturated carbocycles. The maximum Gasteiger partial charge on any atom is 0.270 e. The predicted molar refractivity (Wildman–Crippen MR) is 106 cm³/mol. The molecule has 0 radical (unpaired) electrons. The van der Waals surface area contributed by atoms with E-state index in [1.807, 2.05) is 18.2 Å². The number of anilines is 1. The third-order valence-electron chi connectivity index (χ3n) is 4.15. The highest BCUT2D eigenvalue weighted by Gasteiger charge is 2.09. The first kappa shape index (κ1) is 19.1. The molecule has 0 atom stereocenters. The Morgan fingerprint density at radius 1 is 1.07 bits per heavy atom. The van der Waals surface area contributed by atoms with Gasteiger partial charge in [0.05, 0.1) is 24.8 Å². The summed E-state index contributed by atoms with van der Waals surface area (Å²) < 4.78 is 10.6. The van der Waals surface area contributed by atoms with Crippen LogP contribution in [0, 0.1) is 10.1 Å². The zero-order valence-electron chi connectivity index (χ0n) is 15.6. The van der Waals surface area contributed by atoms with E-state index in [2.05, 4.69) is 15.3 Å². The Labute approximate surface area is 162 Å². The number of non-ortho nitro benzene ring substituents is 1. The van der Waals surface area contributed by atoms with Crippen molar-refractivity contribution in [1.82, 2.24) is 9.97 Å². The Bertz CT molecular complexity index is 978. The van der Waals surface area contributed by atoms with Crippen LogP contribution in [-0.2, 0) is 6.42 Å². The Morgan fingerprint density at radius 3 is 2.64 bits per heavy atom. The first-order chi connectivity index (χ1) is 13.6. The summed E-state index contributed by atoms with van der Waals surface area (Å²) in [6.07, 6.45) is 2.37. The van der Waals surface area contributed by atoms with Crippen molar-refractivity contribution in [1.29, 1.82) is 0 Å². The molecule has 0 fully saturated rings. The van der Waals surface area contributed by atoms with E-state index in [0.29, 0.717) is 35.2 Å². The predicted octanol–water partition coefficient (Wildman–Crippen LogP) is 3.72. The minimum atomic E-state index is -0.424. The number of benzene rings is 2. The van der Waals surface area contributed by atoms with Crippen molar-refractivity contribution in [2.75, 3.05) is 26.1 Å². The second kappa shape index (κ2) is 8.81. The average molecular weight is 380 g/mol. The number of nitrogens with one attached hydrogen (secondary N) is 1. The summed E-state index contributed by atoms with van der Waals surface area (Å²) in [5.74, 6) is 1.83. The molecule has 0 unspecified atom stereocenters. The monoisotopic (exact) mass is 380 g/mol. The van der Waals surface area contributed by atoms with Crippen LogP contribution in [0.4, 0.5) is 11.6 Å². The van der Waals surface area contributed by atoms with Crippen molar-refractivity contribution >= 4 is 11.6 Å². The van der Waals surface area contributed by atoms with Gasteiger partial charge in [-0.05, 0) is 30.2 Å². The van der Waals surface area contributed by atoms with Crippen LogP contribution in [0.5, 0.6) is 11.5 Å². The number of methoxy groups -OCH3 is 2. The maximum atomic E-state index is 11.0. The molecule has 0 aliphatic heterocycles. The summed E-state index contributed by atoms with van der Waals surface area (Å²) in [6, 6.07) is 13.9. The standard InChI is InChI=1S/C20H20N4O4/c1-27-18-7-6-14(12-19(18)28-2)8-10-21-20-22-11-9-17(23-20)15-4-3-5-16(13-15)24(25)26/h3-7,9,11-13H,8,10H2,1-2H3,(H,21,22,23). The van der Waals surface area contributed by atoms with E-state index in [1.54, 1.807) is 38.6 Å². The number of nitro benzene ring substituents is 1. The van der Waals surface area contributed by atoms with Crippen LogP contribution in [0.15, 0.2) is 54.7 Å². The zero-order valence-corrected chi connectivity index (χ0v) is 15.6. The summed E-state index contributed by atoms with van der Waals surface area (Å²) in [6.45, 7) is 0.619.